The first kappa shape index (κ1) is 21.1. The number of nitrogens with one attached hydrogen (secondary N) is 1. The lowest BCUT2D eigenvalue weighted by atomic mass is 10.1. The monoisotopic (exact) mass is 439 g/mol. The molecule has 1 aromatic heterocycles. The van der Waals surface area contributed by atoms with Crippen LogP contribution >= 0.6 is 11.6 Å². The van der Waals surface area contributed by atoms with Crippen molar-refractivity contribution in [3.63, 3.8) is 0 Å². The molecule has 4 rings (SSSR count). The Kier molecular flexibility index (Phi) is 6.32. The van der Waals surface area contributed by atoms with Crippen LogP contribution in [0.15, 0.2) is 54.6 Å². The van der Waals surface area contributed by atoms with Gasteiger partial charge in [0.05, 0.1) is 10.7 Å². The number of piperazine rings is 1. The summed E-state index contributed by atoms with van der Waals surface area (Å²) >= 11 is 5.77. The minimum atomic E-state index is -0.515. The molecule has 0 radical (unpaired) electrons. The maximum Gasteiger partial charge on any atom is 0.321 e. The van der Waals surface area contributed by atoms with Gasteiger partial charge in [0.1, 0.15) is 5.82 Å². The number of aryl methyl sites for hydroxylation is 1. The Bertz CT molecular complexity index is 1050. The average Bonchev–Trinajstić information content (AvgIpc) is 2.82. The number of amides is 2. The van der Waals surface area contributed by atoms with E-state index in [9.17, 15) is 9.18 Å². The van der Waals surface area contributed by atoms with Crippen LogP contribution in [0.3, 0.4) is 0 Å². The lowest BCUT2D eigenvalue weighted by molar-refractivity contribution is 0.208. The first-order valence-corrected chi connectivity index (χ1v) is 10.6. The highest BCUT2D eigenvalue weighted by Crippen LogP contribution is 2.22. The molecule has 2 aromatic carbocycles. The van der Waals surface area contributed by atoms with Crippen molar-refractivity contribution in [1.82, 2.24) is 15.1 Å². The van der Waals surface area contributed by atoms with Gasteiger partial charge in [-0.05, 0) is 42.3 Å². The summed E-state index contributed by atoms with van der Waals surface area (Å²) in [7, 11) is 0. The van der Waals surface area contributed by atoms with E-state index in [-0.39, 0.29) is 11.1 Å². The fourth-order valence-corrected chi connectivity index (χ4v) is 3.65. The molecular weight excluding hydrogens is 417 g/mol. The van der Waals surface area contributed by atoms with E-state index in [0.29, 0.717) is 31.9 Å². The van der Waals surface area contributed by atoms with Gasteiger partial charge >= 0.3 is 6.03 Å². The number of aromatic nitrogens is 2. The molecule has 0 unspecified atom stereocenters. The van der Waals surface area contributed by atoms with Crippen molar-refractivity contribution in [1.29, 1.82) is 0 Å². The van der Waals surface area contributed by atoms with Crippen molar-refractivity contribution >= 4 is 29.1 Å². The van der Waals surface area contributed by atoms with Crippen LogP contribution in [0.25, 0.3) is 11.3 Å². The van der Waals surface area contributed by atoms with E-state index in [4.69, 9.17) is 11.6 Å². The Labute approximate surface area is 185 Å². The van der Waals surface area contributed by atoms with E-state index < -0.39 is 5.82 Å². The molecule has 31 heavy (non-hydrogen) atoms. The number of urea groups is 1. The van der Waals surface area contributed by atoms with Crippen molar-refractivity contribution in [3.05, 3.63) is 71.0 Å². The van der Waals surface area contributed by atoms with Crippen molar-refractivity contribution in [2.75, 3.05) is 36.4 Å². The molecule has 0 spiro atoms. The van der Waals surface area contributed by atoms with Gasteiger partial charge in [-0.15, -0.1) is 10.2 Å². The van der Waals surface area contributed by atoms with Crippen LogP contribution in [0.1, 0.15) is 12.5 Å². The molecule has 160 valence electrons. The summed E-state index contributed by atoms with van der Waals surface area (Å²) in [5.74, 6) is 0.276. The van der Waals surface area contributed by atoms with Crippen molar-refractivity contribution in [3.8, 4) is 11.3 Å². The molecule has 0 aliphatic carbocycles. The van der Waals surface area contributed by atoms with Gasteiger partial charge in [0.2, 0.25) is 0 Å². The fraction of sp³-hybridized carbons (Fsp3) is 0.261. The standard InChI is InChI=1S/C23H23ClFN5O/c1-2-16-3-5-17(6-4-16)21-9-10-22(28-27-21)29-11-13-30(14-12-29)23(31)26-18-7-8-20(25)19(24)15-18/h3-10,15H,2,11-14H2,1H3,(H,26,31). The number of rotatable bonds is 4. The van der Waals surface area contributed by atoms with Gasteiger partial charge < -0.3 is 15.1 Å². The third kappa shape index (κ3) is 4.94. The van der Waals surface area contributed by atoms with Crippen LogP contribution < -0.4 is 10.2 Å². The Hall–Kier alpha value is -3.19. The summed E-state index contributed by atoms with van der Waals surface area (Å²) < 4.78 is 13.3. The maximum absolute atomic E-state index is 13.3. The molecule has 1 aliphatic rings. The van der Waals surface area contributed by atoms with Gasteiger partial charge in [-0.25, -0.2) is 9.18 Å². The van der Waals surface area contributed by atoms with Crippen LogP contribution in [0.2, 0.25) is 5.02 Å². The quantitative estimate of drug-likeness (QED) is 0.631. The number of benzene rings is 2. The molecule has 1 saturated heterocycles. The highest BCUT2D eigenvalue weighted by Gasteiger charge is 2.22. The highest BCUT2D eigenvalue weighted by atomic mass is 35.5. The van der Waals surface area contributed by atoms with Gasteiger partial charge in [-0.3, -0.25) is 0 Å². The summed E-state index contributed by atoms with van der Waals surface area (Å²) in [5.41, 5.74) is 3.63. The SMILES string of the molecule is CCc1ccc(-c2ccc(N3CCN(C(=O)Nc4ccc(F)c(Cl)c4)CC3)nn2)cc1. The fourth-order valence-electron chi connectivity index (χ4n) is 3.47. The zero-order chi connectivity index (χ0) is 21.8. The second kappa shape index (κ2) is 9.31. The Morgan fingerprint density at radius 1 is 1.03 bits per heavy atom. The average molecular weight is 440 g/mol. The van der Waals surface area contributed by atoms with E-state index in [1.165, 1.54) is 23.8 Å². The third-order valence-electron chi connectivity index (χ3n) is 5.37. The molecule has 1 N–H and O–H groups in total. The number of hydrogen-bond acceptors (Lipinski definition) is 4. The summed E-state index contributed by atoms with van der Waals surface area (Å²) in [6, 6.07) is 16.2. The molecule has 1 aliphatic heterocycles. The molecule has 2 heterocycles. The third-order valence-corrected chi connectivity index (χ3v) is 5.66. The van der Waals surface area contributed by atoms with E-state index in [1.54, 1.807) is 4.90 Å². The van der Waals surface area contributed by atoms with Crippen LogP contribution in [0, 0.1) is 5.82 Å². The molecular formula is C23H23ClFN5O. The zero-order valence-electron chi connectivity index (χ0n) is 17.2. The molecule has 0 atom stereocenters. The largest absolute Gasteiger partial charge is 0.352 e. The molecule has 0 bridgehead atoms. The Morgan fingerprint density at radius 2 is 1.77 bits per heavy atom. The lowest BCUT2D eigenvalue weighted by Crippen LogP contribution is -2.50. The molecule has 2 amide bonds. The number of anilines is 2. The van der Waals surface area contributed by atoms with Crippen molar-refractivity contribution in [2.24, 2.45) is 0 Å². The minimum absolute atomic E-state index is 0.0223. The van der Waals surface area contributed by atoms with E-state index in [2.05, 4.69) is 51.6 Å². The maximum atomic E-state index is 13.3. The highest BCUT2D eigenvalue weighted by molar-refractivity contribution is 6.31. The first-order valence-electron chi connectivity index (χ1n) is 10.2. The summed E-state index contributed by atoms with van der Waals surface area (Å²) in [6.45, 7) is 4.52. The molecule has 6 nitrogen and oxygen atoms in total. The predicted octanol–water partition coefficient (Wildman–Crippen LogP) is 4.85. The normalized spacial score (nSPS) is 13.9. The van der Waals surface area contributed by atoms with Crippen LogP contribution in [0.4, 0.5) is 20.7 Å². The number of halogens is 2. The zero-order valence-corrected chi connectivity index (χ0v) is 17.9. The molecule has 0 saturated carbocycles. The second-order valence-electron chi connectivity index (χ2n) is 7.36. The molecule has 8 heteroatoms. The summed E-state index contributed by atoms with van der Waals surface area (Å²) in [6.07, 6.45) is 1.01. The number of nitrogens with zero attached hydrogens (tertiary/aromatic N) is 4. The van der Waals surface area contributed by atoms with Gasteiger partial charge in [0.25, 0.3) is 0 Å². The summed E-state index contributed by atoms with van der Waals surface area (Å²) in [5, 5.41) is 11.5. The molecule has 3 aromatic rings. The van der Waals surface area contributed by atoms with Crippen LogP contribution in [-0.4, -0.2) is 47.3 Å². The van der Waals surface area contributed by atoms with Gasteiger partial charge in [0, 0.05) is 37.4 Å². The summed E-state index contributed by atoms with van der Waals surface area (Å²) in [4.78, 5) is 16.3. The number of carbonyl (C=O) groups is 1. The van der Waals surface area contributed by atoms with E-state index in [1.807, 2.05) is 12.1 Å². The van der Waals surface area contributed by atoms with Crippen molar-refractivity contribution < 1.29 is 9.18 Å². The first-order chi connectivity index (χ1) is 15.0. The topological polar surface area (TPSA) is 61.4 Å². The van der Waals surface area contributed by atoms with Gasteiger partial charge in [0.15, 0.2) is 5.82 Å². The Balaban J connectivity index is 1.33. The Morgan fingerprint density at radius 3 is 2.39 bits per heavy atom. The van der Waals surface area contributed by atoms with Crippen LogP contribution in [0.5, 0.6) is 0 Å². The number of carbonyl (C=O) groups excluding carboxylic acids is 1. The second-order valence-corrected chi connectivity index (χ2v) is 7.77. The smallest absolute Gasteiger partial charge is 0.321 e. The number of hydrogen-bond donors (Lipinski definition) is 1. The van der Waals surface area contributed by atoms with Gasteiger partial charge in [-0.1, -0.05) is 42.8 Å². The van der Waals surface area contributed by atoms with Gasteiger partial charge in [-0.2, -0.15) is 0 Å². The predicted molar refractivity (Wildman–Crippen MR) is 121 cm³/mol. The minimum Gasteiger partial charge on any atom is -0.352 e. The lowest BCUT2D eigenvalue weighted by Gasteiger charge is -2.35. The van der Waals surface area contributed by atoms with E-state index >= 15 is 0 Å². The van der Waals surface area contributed by atoms with Crippen molar-refractivity contribution in [2.45, 2.75) is 13.3 Å². The molecule has 1 fully saturated rings. The van der Waals surface area contributed by atoms with Crippen LogP contribution in [-0.2, 0) is 6.42 Å². The van der Waals surface area contributed by atoms with E-state index in [0.717, 1.165) is 23.5 Å².